The molecule has 4 aromatic carbocycles. The van der Waals surface area contributed by atoms with E-state index in [4.69, 9.17) is 28.4 Å². The van der Waals surface area contributed by atoms with Crippen molar-refractivity contribution in [3.8, 4) is 29.2 Å². The van der Waals surface area contributed by atoms with Crippen molar-refractivity contribution in [3.05, 3.63) is 71.8 Å². The summed E-state index contributed by atoms with van der Waals surface area (Å²) < 4.78 is 48.9. The van der Waals surface area contributed by atoms with E-state index in [1.807, 2.05) is 6.07 Å². The normalized spacial score (nSPS) is 11.9. The average Bonchev–Trinajstić information content (AvgIpc) is 3.89. The van der Waals surface area contributed by atoms with Crippen molar-refractivity contribution in [3.63, 3.8) is 0 Å². The monoisotopic (exact) mass is 935 g/mol. The van der Waals surface area contributed by atoms with Gasteiger partial charge >= 0.3 is 0 Å². The van der Waals surface area contributed by atoms with E-state index >= 15 is 0 Å². The van der Waals surface area contributed by atoms with Gasteiger partial charge in [0, 0.05) is 35.9 Å². The summed E-state index contributed by atoms with van der Waals surface area (Å²) in [5, 5.41) is 80.8. The standard InChI is InChI=1S/C36H29N11O8S3.CH4O3S/c1-18-22(17-37)33-38-23-7-5-6-8-26(23)47(33)34(49)30(18)42-39-20-10-9-19-13-29(58-55-54-50)31(32(48)21(19)14-20)43-40-24-15-28(53-4)25(16-27(24)52-3)41-44-35-45-46-36(57-35)56-12-11-51-2;1-5(2,3)4/h5-10,13-16,48-50H,11-12H2,1-4H3;1H3,(H,2,3,4). The highest BCUT2D eigenvalue weighted by Gasteiger charge is 2.21. The van der Waals surface area contributed by atoms with Crippen LogP contribution in [0.1, 0.15) is 11.1 Å². The number of pyridine rings is 1. The lowest BCUT2D eigenvalue weighted by Gasteiger charge is -2.11. The van der Waals surface area contributed by atoms with E-state index in [1.165, 1.54) is 47.8 Å². The number of para-hydroxylation sites is 2. The van der Waals surface area contributed by atoms with E-state index in [-0.39, 0.29) is 50.6 Å². The molecular formula is C37H33N11O11S4. The minimum atomic E-state index is -3.67. The van der Waals surface area contributed by atoms with Crippen molar-refractivity contribution in [2.75, 3.05) is 39.9 Å². The number of nitriles is 1. The van der Waals surface area contributed by atoms with Crippen molar-refractivity contribution >= 4 is 106 Å². The van der Waals surface area contributed by atoms with Crippen LogP contribution >= 0.6 is 35.1 Å². The Morgan fingerprint density at radius 3 is 2.25 bits per heavy atom. The largest absolute Gasteiger partial charge is 0.505 e. The SMILES string of the molecule is COCCSc1nnc(N=Nc2cc(OC)c(N=Nc3c(SOOO)cc4ccc(N=Nc5c(C)c(C#N)c6nc7ccccc7n6c5O)cc4c3O)cc2OC)s1.CS(=O)(=O)O. The van der Waals surface area contributed by atoms with Crippen LogP contribution in [0.25, 0.3) is 27.5 Å². The summed E-state index contributed by atoms with van der Waals surface area (Å²) in [5.41, 5.74) is 2.91. The lowest BCUT2D eigenvalue weighted by Crippen LogP contribution is -1.95. The molecule has 0 aliphatic carbocycles. The summed E-state index contributed by atoms with van der Waals surface area (Å²) in [6.07, 6.45) is 0.715. The number of azo groups is 3. The fourth-order valence-corrected chi connectivity index (χ4v) is 7.80. The molecule has 4 N–H and O–H groups in total. The number of aromatic hydroxyl groups is 2. The first kappa shape index (κ1) is 46.1. The zero-order valence-electron chi connectivity index (χ0n) is 33.4. The summed E-state index contributed by atoms with van der Waals surface area (Å²) in [6, 6.07) is 18.9. The second kappa shape index (κ2) is 20.6. The predicted octanol–water partition coefficient (Wildman–Crippen LogP) is 10.0. The molecule has 0 saturated heterocycles. The van der Waals surface area contributed by atoms with Crippen LogP contribution in [-0.2, 0) is 24.2 Å². The van der Waals surface area contributed by atoms with Crippen molar-refractivity contribution in [1.82, 2.24) is 19.6 Å². The first-order chi connectivity index (χ1) is 30.3. The van der Waals surface area contributed by atoms with E-state index in [2.05, 4.69) is 57.0 Å². The van der Waals surface area contributed by atoms with Crippen LogP contribution in [0.3, 0.4) is 0 Å². The number of methoxy groups -OCH3 is 3. The minimum Gasteiger partial charge on any atom is -0.505 e. The van der Waals surface area contributed by atoms with Gasteiger partial charge in [-0.15, -0.1) is 40.1 Å². The third kappa shape index (κ3) is 11.0. The van der Waals surface area contributed by atoms with Gasteiger partial charge in [0.15, 0.2) is 21.4 Å². The van der Waals surface area contributed by atoms with Crippen LogP contribution in [0.4, 0.5) is 33.6 Å². The number of hydrogen-bond acceptors (Lipinski definition) is 23. The van der Waals surface area contributed by atoms with E-state index in [0.717, 1.165) is 10.1 Å². The smallest absolute Gasteiger partial charge is 0.261 e. The molecule has 0 fully saturated rings. The molecule has 326 valence electrons. The topological polar surface area (TPSA) is 302 Å². The summed E-state index contributed by atoms with van der Waals surface area (Å²) >= 11 is 3.34. The maximum atomic E-state index is 11.6. The molecule has 0 amide bonds. The van der Waals surface area contributed by atoms with E-state index < -0.39 is 10.1 Å². The zero-order valence-corrected chi connectivity index (χ0v) is 36.7. The summed E-state index contributed by atoms with van der Waals surface area (Å²) in [7, 11) is 0.847. The number of nitrogens with zero attached hydrogens (tertiary/aromatic N) is 11. The van der Waals surface area contributed by atoms with Crippen LogP contribution < -0.4 is 9.47 Å². The third-order valence-electron chi connectivity index (χ3n) is 8.40. The Kier molecular flexibility index (Phi) is 15.1. The number of thioether (sulfide) groups is 1. The van der Waals surface area contributed by atoms with Gasteiger partial charge in [-0.1, -0.05) is 46.3 Å². The quantitative estimate of drug-likeness (QED) is 0.0141. The fraction of sp³-hybridized carbons (Fsp3) is 0.189. The van der Waals surface area contributed by atoms with Crippen molar-refractivity contribution in [1.29, 1.82) is 5.26 Å². The number of hydrogen-bond donors (Lipinski definition) is 4. The average molecular weight is 936 g/mol. The number of benzene rings is 4. The summed E-state index contributed by atoms with van der Waals surface area (Å²) in [5.74, 6) is 0.679. The van der Waals surface area contributed by atoms with Crippen LogP contribution in [0.2, 0.25) is 0 Å². The van der Waals surface area contributed by atoms with Gasteiger partial charge in [-0.3, -0.25) is 8.95 Å². The summed E-state index contributed by atoms with van der Waals surface area (Å²) in [4.78, 5) is 4.75. The zero-order chi connectivity index (χ0) is 45.3. The van der Waals surface area contributed by atoms with Crippen molar-refractivity contribution in [2.45, 2.75) is 16.2 Å². The highest BCUT2D eigenvalue weighted by molar-refractivity contribution is 8.01. The van der Waals surface area contributed by atoms with E-state index in [9.17, 15) is 23.9 Å². The Hall–Kier alpha value is -6.41. The van der Waals surface area contributed by atoms with Crippen molar-refractivity contribution < 1.29 is 52.0 Å². The molecule has 3 aromatic heterocycles. The van der Waals surface area contributed by atoms with Crippen molar-refractivity contribution in [2.24, 2.45) is 30.7 Å². The highest BCUT2D eigenvalue weighted by atomic mass is 32.2. The molecule has 0 bridgehead atoms. The Morgan fingerprint density at radius 1 is 0.905 bits per heavy atom. The highest BCUT2D eigenvalue weighted by Crippen LogP contribution is 2.47. The Morgan fingerprint density at radius 2 is 1.59 bits per heavy atom. The lowest BCUT2D eigenvalue weighted by atomic mass is 10.1. The molecule has 0 saturated carbocycles. The number of rotatable bonds is 15. The first-order valence-corrected chi connectivity index (χ1v) is 22.0. The molecule has 63 heavy (non-hydrogen) atoms. The lowest BCUT2D eigenvalue weighted by molar-refractivity contribution is -0.432. The molecule has 0 aliphatic heterocycles. The number of aromatic nitrogens is 4. The molecule has 0 aliphatic rings. The number of fused-ring (bicyclic) bond motifs is 4. The summed E-state index contributed by atoms with van der Waals surface area (Å²) in [6.45, 7) is 2.22. The maximum absolute atomic E-state index is 11.6. The third-order valence-corrected chi connectivity index (χ3v) is 10.9. The molecule has 7 aromatic rings. The minimum absolute atomic E-state index is 0.0616. The molecule has 0 unspecified atom stereocenters. The number of phenolic OH excluding ortho intramolecular Hbond substituents is 1. The van der Waals surface area contributed by atoms with Crippen LogP contribution in [0.15, 0.2) is 101 Å². The van der Waals surface area contributed by atoms with Gasteiger partial charge in [0.1, 0.15) is 40.2 Å². The number of imidazole rings is 1. The Bertz CT molecular complexity index is 3060. The van der Waals surface area contributed by atoms with Gasteiger partial charge in [0.05, 0.1) is 60.7 Å². The van der Waals surface area contributed by atoms with E-state index in [0.29, 0.717) is 74.4 Å². The van der Waals surface area contributed by atoms with Crippen LogP contribution in [-0.4, -0.2) is 88.0 Å². The van der Waals surface area contributed by atoms with Gasteiger partial charge in [-0.25, -0.2) is 10.2 Å². The van der Waals surface area contributed by atoms with Crippen LogP contribution in [0.5, 0.6) is 23.1 Å². The van der Waals surface area contributed by atoms with Gasteiger partial charge < -0.3 is 24.4 Å². The fourth-order valence-electron chi connectivity index (χ4n) is 5.67. The molecular weight excluding hydrogens is 903 g/mol. The second-order valence-electron chi connectivity index (χ2n) is 12.5. The van der Waals surface area contributed by atoms with Gasteiger partial charge in [-0.05, 0) is 42.6 Å². The Labute approximate surface area is 369 Å². The molecule has 22 nitrogen and oxygen atoms in total. The molecule has 7 rings (SSSR count). The number of phenols is 1. The van der Waals surface area contributed by atoms with E-state index in [1.54, 1.807) is 62.6 Å². The molecule has 3 heterocycles. The van der Waals surface area contributed by atoms with Gasteiger partial charge in [-0.2, -0.15) is 18.8 Å². The Balaban J connectivity index is 0.00000125. The molecule has 26 heteroatoms. The molecule has 0 radical (unpaired) electrons. The predicted molar refractivity (Wildman–Crippen MR) is 232 cm³/mol. The number of ether oxygens (including phenoxy) is 3. The van der Waals surface area contributed by atoms with Crippen LogP contribution in [0, 0.1) is 18.3 Å². The van der Waals surface area contributed by atoms with Gasteiger partial charge in [0.2, 0.25) is 5.88 Å². The maximum Gasteiger partial charge on any atom is 0.261 e. The second-order valence-corrected chi connectivity index (χ2v) is 17.0. The molecule has 0 atom stereocenters. The first-order valence-electron chi connectivity index (χ1n) is 17.6. The van der Waals surface area contributed by atoms with Gasteiger partial charge in [0.25, 0.3) is 15.2 Å². The molecule has 0 spiro atoms.